The van der Waals surface area contributed by atoms with Gasteiger partial charge in [0.2, 0.25) is 11.8 Å². The Bertz CT molecular complexity index is 747. The van der Waals surface area contributed by atoms with Gasteiger partial charge >= 0.3 is 4.87 Å². The minimum atomic E-state index is -0.265. The van der Waals surface area contributed by atoms with Gasteiger partial charge in [0.05, 0.1) is 11.4 Å². The van der Waals surface area contributed by atoms with E-state index in [0.717, 1.165) is 16.9 Å². The van der Waals surface area contributed by atoms with E-state index in [4.69, 9.17) is 4.74 Å². The summed E-state index contributed by atoms with van der Waals surface area (Å²) in [4.78, 5) is 25.3. The summed E-state index contributed by atoms with van der Waals surface area (Å²) in [6, 6.07) is 7.40. The number of nitrogens with one attached hydrogen (secondary N) is 2. The highest BCUT2D eigenvalue weighted by atomic mass is 32.1. The van der Waals surface area contributed by atoms with E-state index in [1.54, 1.807) is 6.08 Å². The molecule has 2 rings (SSSR count). The summed E-state index contributed by atoms with van der Waals surface area (Å²) in [5.41, 5.74) is 0.965. The maximum Gasteiger partial charge on any atom is 0.307 e. The molecule has 7 heteroatoms. The van der Waals surface area contributed by atoms with E-state index in [0.29, 0.717) is 36.6 Å². The lowest BCUT2D eigenvalue weighted by molar-refractivity contribution is -0.120. The zero-order valence-corrected chi connectivity index (χ0v) is 14.2. The second-order valence-electron chi connectivity index (χ2n) is 5.08. The largest absolute Gasteiger partial charge is 0.494 e. The summed E-state index contributed by atoms with van der Waals surface area (Å²) in [7, 11) is 0. The summed E-state index contributed by atoms with van der Waals surface area (Å²) in [5, 5.41) is 12.3. The molecule has 0 aliphatic rings. The SMILES string of the molecule is C/C=C/CC(=O)NCCOc1ccc(Cc2sc(=O)[nH]c2O)cc1. The van der Waals surface area contributed by atoms with Crippen LogP contribution in [-0.2, 0) is 11.2 Å². The number of ether oxygens (including phenoxy) is 1. The molecule has 2 aromatic rings. The number of hydrogen-bond acceptors (Lipinski definition) is 5. The number of aromatic amines is 1. The van der Waals surface area contributed by atoms with Gasteiger partial charge in [-0.25, -0.2) is 0 Å². The van der Waals surface area contributed by atoms with Gasteiger partial charge in [-0.15, -0.1) is 0 Å². The second-order valence-corrected chi connectivity index (χ2v) is 6.15. The number of thiazole rings is 1. The molecule has 0 radical (unpaired) electrons. The highest BCUT2D eigenvalue weighted by Gasteiger charge is 2.07. The van der Waals surface area contributed by atoms with Crippen molar-refractivity contribution in [3.05, 3.63) is 56.5 Å². The molecular weight excluding hydrogens is 328 g/mol. The topological polar surface area (TPSA) is 91.4 Å². The molecule has 0 fully saturated rings. The Morgan fingerprint density at radius 3 is 2.75 bits per heavy atom. The Labute approximate surface area is 143 Å². The van der Waals surface area contributed by atoms with Crippen molar-refractivity contribution in [1.82, 2.24) is 10.3 Å². The first-order chi connectivity index (χ1) is 11.6. The van der Waals surface area contributed by atoms with E-state index in [9.17, 15) is 14.7 Å². The van der Waals surface area contributed by atoms with E-state index in [1.165, 1.54) is 0 Å². The number of allylic oxidation sites excluding steroid dienone is 1. The van der Waals surface area contributed by atoms with Crippen molar-refractivity contribution >= 4 is 17.2 Å². The lowest BCUT2D eigenvalue weighted by Gasteiger charge is -2.08. The third-order valence-corrected chi connectivity index (χ3v) is 4.09. The van der Waals surface area contributed by atoms with E-state index < -0.39 is 0 Å². The number of rotatable bonds is 8. The maximum atomic E-state index is 11.4. The van der Waals surface area contributed by atoms with Gasteiger partial charge in [-0.3, -0.25) is 14.6 Å². The van der Waals surface area contributed by atoms with Crippen LogP contribution in [0.3, 0.4) is 0 Å². The number of amides is 1. The quantitative estimate of drug-likeness (QED) is 0.504. The fraction of sp³-hybridized carbons (Fsp3) is 0.294. The van der Waals surface area contributed by atoms with E-state index in [-0.39, 0.29) is 16.7 Å². The molecule has 1 aromatic carbocycles. The lowest BCUT2D eigenvalue weighted by Crippen LogP contribution is -2.27. The van der Waals surface area contributed by atoms with Crippen LogP contribution in [0, 0.1) is 0 Å². The first-order valence-corrected chi connectivity index (χ1v) is 8.40. The molecule has 128 valence electrons. The van der Waals surface area contributed by atoms with Crippen LogP contribution in [0.15, 0.2) is 41.2 Å². The van der Waals surface area contributed by atoms with Gasteiger partial charge in [0.25, 0.3) is 0 Å². The number of carbonyl (C=O) groups excluding carboxylic acids is 1. The van der Waals surface area contributed by atoms with Gasteiger partial charge in [0, 0.05) is 12.8 Å². The molecule has 0 bridgehead atoms. The average Bonchev–Trinajstić information content (AvgIpc) is 2.88. The molecule has 0 aliphatic carbocycles. The number of benzene rings is 1. The van der Waals surface area contributed by atoms with Crippen molar-refractivity contribution < 1.29 is 14.6 Å². The van der Waals surface area contributed by atoms with E-state index >= 15 is 0 Å². The monoisotopic (exact) mass is 348 g/mol. The van der Waals surface area contributed by atoms with Crippen LogP contribution < -0.4 is 14.9 Å². The molecule has 1 heterocycles. The van der Waals surface area contributed by atoms with Gasteiger partial charge < -0.3 is 15.2 Å². The van der Waals surface area contributed by atoms with Crippen LogP contribution in [0.1, 0.15) is 23.8 Å². The molecular formula is C17H20N2O4S. The summed E-state index contributed by atoms with van der Waals surface area (Å²) in [5.74, 6) is 0.601. The summed E-state index contributed by atoms with van der Waals surface area (Å²) >= 11 is 1.00. The van der Waals surface area contributed by atoms with Gasteiger partial charge in [-0.1, -0.05) is 35.6 Å². The smallest absolute Gasteiger partial charge is 0.307 e. The normalized spacial score (nSPS) is 10.9. The zero-order valence-electron chi connectivity index (χ0n) is 13.4. The first-order valence-electron chi connectivity index (χ1n) is 7.59. The minimum Gasteiger partial charge on any atom is -0.494 e. The second kappa shape index (κ2) is 8.93. The predicted molar refractivity (Wildman–Crippen MR) is 93.8 cm³/mol. The van der Waals surface area contributed by atoms with E-state index in [1.807, 2.05) is 37.3 Å². The van der Waals surface area contributed by atoms with Gasteiger partial charge in [0.1, 0.15) is 12.4 Å². The van der Waals surface area contributed by atoms with Gasteiger partial charge in [-0.2, -0.15) is 0 Å². The summed E-state index contributed by atoms with van der Waals surface area (Å²) in [6.07, 6.45) is 4.50. The molecule has 24 heavy (non-hydrogen) atoms. The third-order valence-electron chi connectivity index (χ3n) is 3.22. The fourth-order valence-corrected chi connectivity index (χ4v) is 2.78. The Balaban J connectivity index is 1.77. The van der Waals surface area contributed by atoms with Crippen LogP contribution in [-0.4, -0.2) is 29.1 Å². The minimum absolute atomic E-state index is 0.0302. The van der Waals surface area contributed by atoms with Crippen molar-refractivity contribution in [3.8, 4) is 11.6 Å². The van der Waals surface area contributed by atoms with Crippen molar-refractivity contribution in [2.75, 3.05) is 13.2 Å². The molecule has 1 amide bonds. The van der Waals surface area contributed by atoms with Crippen molar-refractivity contribution in [2.24, 2.45) is 0 Å². The molecule has 0 unspecified atom stereocenters. The average molecular weight is 348 g/mol. The van der Waals surface area contributed by atoms with Crippen LogP contribution >= 0.6 is 11.3 Å². The molecule has 0 atom stereocenters. The number of aromatic hydroxyl groups is 1. The van der Waals surface area contributed by atoms with Crippen LogP contribution in [0.25, 0.3) is 0 Å². The number of carbonyl (C=O) groups is 1. The lowest BCUT2D eigenvalue weighted by atomic mass is 10.1. The summed E-state index contributed by atoms with van der Waals surface area (Å²) in [6.45, 7) is 2.71. The maximum absolute atomic E-state index is 11.4. The van der Waals surface area contributed by atoms with Crippen molar-refractivity contribution in [3.63, 3.8) is 0 Å². The van der Waals surface area contributed by atoms with Crippen LogP contribution in [0.2, 0.25) is 0 Å². The molecule has 0 aliphatic heterocycles. The first kappa shape index (κ1) is 17.8. The standard InChI is InChI=1S/C17H20N2O4S/c1-2-3-4-15(20)18-9-10-23-13-7-5-12(6-8-13)11-14-16(21)19-17(22)24-14/h2-3,5-8,21H,4,9-11H2,1H3,(H,18,20)(H,19,22)/b3-2+. The number of H-pyrrole nitrogens is 1. The predicted octanol–water partition coefficient (Wildman–Crippen LogP) is 2.19. The van der Waals surface area contributed by atoms with E-state index in [2.05, 4.69) is 10.3 Å². The van der Waals surface area contributed by atoms with Gasteiger partial charge in [-0.05, 0) is 24.6 Å². The third kappa shape index (κ3) is 5.58. The molecule has 0 saturated heterocycles. The van der Waals surface area contributed by atoms with Gasteiger partial charge in [0.15, 0.2) is 0 Å². The van der Waals surface area contributed by atoms with Crippen molar-refractivity contribution in [1.29, 1.82) is 0 Å². The Morgan fingerprint density at radius 2 is 2.12 bits per heavy atom. The Kier molecular flexibility index (Phi) is 6.62. The zero-order chi connectivity index (χ0) is 17.4. The molecule has 0 saturated carbocycles. The number of hydrogen-bond donors (Lipinski definition) is 3. The number of aromatic nitrogens is 1. The van der Waals surface area contributed by atoms with Crippen LogP contribution in [0.5, 0.6) is 11.6 Å². The highest BCUT2D eigenvalue weighted by molar-refractivity contribution is 7.09. The molecule has 1 aromatic heterocycles. The fourth-order valence-electron chi connectivity index (χ4n) is 2.02. The Hall–Kier alpha value is -2.54. The molecule has 0 spiro atoms. The molecule has 6 nitrogen and oxygen atoms in total. The van der Waals surface area contributed by atoms with Crippen LogP contribution in [0.4, 0.5) is 0 Å². The summed E-state index contributed by atoms with van der Waals surface area (Å²) < 4.78 is 5.56. The van der Waals surface area contributed by atoms with Crippen molar-refractivity contribution in [2.45, 2.75) is 19.8 Å². The Morgan fingerprint density at radius 1 is 1.38 bits per heavy atom. The highest BCUT2D eigenvalue weighted by Crippen LogP contribution is 2.21. The molecule has 3 N–H and O–H groups in total.